The second-order valence-corrected chi connectivity index (χ2v) is 7.20. The molecule has 34 heavy (non-hydrogen) atoms. The number of nitrogen functional groups attached to an aromatic ring is 1. The Balaban J connectivity index is 1.73. The van der Waals surface area contributed by atoms with Gasteiger partial charge < -0.3 is 26.2 Å². The summed E-state index contributed by atoms with van der Waals surface area (Å²) in [5.41, 5.74) is 6.32. The highest BCUT2D eigenvalue weighted by molar-refractivity contribution is 5.97. The Morgan fingerprint density at radius 3 is 2.44 bits per heavy atom. The maximum atomic E-state index is 12.4. The van der Waals surface area contributed by atoms with Gasteiger partial charge in [-0.3, -0.25) is 24.2 Å². The zero-order valence-electron chi connectivity index (χ0n) is 17.6. The van der Waals surface area contributed by atoms with Gasteiger partial charge in [0.15, 0.2) is 5.52 Å². The van der Waals surface area contributed by atoms with Crippen LogP contribution in [0.1, 0.15) is 28.9 Å². The highest BCUT2D eigenvalue weighted by atomic mass is 16.4. The first kappa shape index (κ1) is 23.8. The number of amides is 2. The van der Waals surface area contributed by atoms with Gasteiger partial charge in [-0.15, -0.1) is 0 Å². The number of fused-ring (bicyclic) bond motifs is 1. The second-order valence-electron chi connectivity index (χ2n) is 7.20. The van der Waals surface area contributed by atoms with Crippen molar-refractivity contribution in [3.63, 3.8) is 0 Å². The zero-order chi connectivity index (χ0) is 24.8. The fourth-order valence-electron chi connectivity index (χ4n) is 3.11. The van der Waals surface area contributed by atoms with Crippen LogP contribution in [-0.2, 0) is 20.9 Å². The van der Waals surface area contributed by atoms with Crippen LogP contribution in [0.5, 0.6) is 0 Å². The Labute approximate surface area is 191 Å². The smallest absolute Gasteiger partial charge is 0.326 e. The summed E-state index contributed by atoms with van der Waals surface area (Å²) >= 11 is 0. The van der Waals surface area contributed by atoms with Crippen molar-refractivity contribution in [1.82, 2.24) is 20.3 Å². The van der Waals surface area contributed by atoms with Gasteiger partial charge in [0.2, 0.25) is 12.4 Å². The van der Waals surface area contributed by atoms with Crippen LogP contribution in [0.15, 0.2) is 41.2 Å². The van der Waals surface area contributed by atoms with E-state index in [0.29, 0.717) is 23.3 Å². The number of nitrogens with two attached hydrogens (primary N) is 1. The minimum atomic E-state index is -1.36. The van der Waals surface area contributed by atoms with Crippen LogP contribution in [0.4, 0.5) is 11.6 Å². The van der Waals surface area contributed by atoms with Gasteiger partial charge in [-0.1, -0.05) is 0 Å². The van der Waals surface area contributed by atoms with E-state index >= 15 is 0 Å². The third-order valence-corrected chi connectivity index (χ3v) is 4.80. The highest BCUT2D eigenvalue weighted by Gasteiger charge is 2.22. The van der Waals surface area contributed by atoms with E-state index in [9.17, 15) is 29.1 Å². The zero-order valence-corrected chi connectivity index (χ0v) is 17.6. The van der Waals surface area contributed by atoms with Crippen molar-refractivity contribution < 1.29 is 29.4 Å². The number of aromatic nitrogens is 3. The molecule has 176 valence electrons. The summed E-state index contributed by atoms with van der Waals surface area (Å²) < 4.78 is 0. The van der Waals surface area contributed by atoms with Crippen LogP contribution in [-0.4, -0.2) is 55.5 Å². The number of H-pyrrole nitrogens is 1. The number of nitrogens with one attached hydrogen (secondary N) is 2. The quantitative estimate of drug-likeness (QED) is 0.254. The van der Waals surface area contributed by atoms with Crippen molar-refractivity contribution in [2.45, 2.75) is 25.4 Å². The number of carbonyl (C=O) groups is 4. The van der Waals surface area contributed by atoms with Crippen LogP contribution >= 0.6 is 0 Å². The molecule has 1 aromatic carbocycles. The van der Waals surface area contributed by atoms with Gasteiger partial charge in [-0.2, -0.15) is 0 Å². The van der Waals surface area contributed by atoms with Crippen molar-refractivity contribution in [1.29, 1.82) is 0 Å². The lowest BCUT2D eigenvalue weighted by molar-refractivity contribution is -0.140. The number of rotatable bonds is 10. The van der Waals surface area contributed by atoms with E-state index in [1.807, 2.05) is 0 Å². The van der Waals surface area contributed by atoms with E-state index in [1.165, 1.54) is 29.2 Å². The molecule has 2 aromatic heterocycles. The monoisotopic (exact) mass is 468 g/mol. The van der Waals surface area contributed by atoms with E-state index in [1.54, 1.807) is 12.1 Å². The number of aliphatic carboxylic acids is 2. The SMILES string of the molecule is Nc1nc2ccc(CN(C=O)c3ccc(C(=O)N[C@@H](CCC(=O)O)C(=O)O)cc3)nc2c(=O)[nH]1. The molecule has 3 rings (SSSR count). The first-order valence-electron chi connectivity index (χ1n) is 9.91. The first-order chi connectivity index (χ1) is 16.2. The Kier molecular flexibility index (Phi) is 7.16. The number of aromatic amines is 1. The fraction of sp³-hybridized carbons (Fsp3) is 0.190. The molecule has 3 aromatic rings. The predicted octanol–water partition coefficient (Wildman–Crippen LogP) is 0.111. The maximum absolute atomic E-state index is 12.4. The predicted molar refractivity (Wildman–Crippen MR) is 119 cm³/mol. The lowest BCUT2D eigenvalue weighted by Gasteiger charge is -2.18. The molecule has 0 unspecified atom stereocenters. The summed E-state index contributed by atoms with van der Waals surface area (Å²) in [6, 6.07) is 7.53. The Bertz CT molecular complexity index is 1310. The van der Waals surface area contributed by atoms with Crippen LogP contribution < -0.4 is 21.5 Å². The molecule has 13 nitrogen and oxygen atoms in total. The molecule has 0 aliphatic heterocycles. The number of pyridine rings is 1. The lowest BCUT2D eigenvalue weighted by Crippen LogP contribution is -2.41. The van der Waals surface area contributed by atoms with Gasteiger partial charge in [-0.05, 0) is 42.8 Å². The topological polar surface area (TPSA) is 209 Å². The van der Waals surface area contributed by atoms with Crippen LogP contribution in [0, 0.1) is 0 Å². The van der Waals surface area contributed by atoms with Crippen LogP contribution in [0.3, 0.4) is 0 Å². The number of anilines is 2. The van der Waals surface area contributed by atoms with E-state index in [0.717, 1.165) is 0 Å². The van der Waals surface area contributed by atoms with E-state index in [4.69, 9.17) is 10.8 Å². The molecular formula is C21H20N6O7. The van der Waals surface area contributed by atoms with Crippen LogP contribution in [0.25, 0.3) is 11.0 Å². The van der Waals surface area contributed by atoms with Gasteiger partial charge in [0.05, 0.1) is 17.8 Å². The molecule has 0 fully saturated rings. The standard InChI is InChI=1S/C21H20N6O7/c22-21-25-14-6-3-12(23-17(14)19(32)26-21)9-27(10-28)13-4-1-11(2-5-13)18(31)24-15(20(33)34)7-8-16(29)30/h1-6,10,15H,7-9H2,(H,24,31)(H,29,30)(H,33,34)(H3,22,25,26,32)/t15-/m0/s1. The molecule has 2 amide bonds. The number of hydrogen-bond acceptors (Lipinski definition) is 8. The molecule has 1 atom stereocenters. The Morgan fingerprint density at radius 1 is 1.12 bits per heavy atom. The molecule has 0 spiro atoms. The minimum Gasteiger partial charge on any atom is -0.481 e. The van der Waals surface area contributed by atoms with Crippen LogP contribution in [0.2, 0.25) is 0 Å². The molecule has 6 N–H and O–H groups in total. The highest BCUT2D eigenvalue weighted by Crippen LogP contribution is 2.17. The molecule has 0 bridgehead atoms. The molecular weight excluding hydrogens is 448 g/mol. The Hall–Kier alpha value is -4.81. The third kappa shape index (κ3) is 5.70. The molecule has 2 heterocycles. The summed E-state index contributed by atoms with van der Waals surface area (Å²) in [7, 11) is 0. The summed E-state index contributed by atoms with van der Waals surface area (Å²) in [6.07, 6.45) is -0.126. The van der Waals surface area contributed by atoms with Crippen molar-refractivity contribution in [2.75, 3.05) is 10.6 Å². The number of carbonyl (C=O) groups excluding carboxylic acids is 2. The van der Waals surface area contributed by atoms with E-state index < -0.39 is 35.9 Å². The molecule has 13 heteroatoms. The maximum Gasteiger partial charge on any atom is 0.326 e. The first-order valence-corrected chi connectivity index (χ1v) is 9.91. The summed E-state index contributed by atoms with van der Waals surface area (Å²) in [6.45, 7) is 0.0189. The van der Waals surface area contributed by atoms with Gasteiger partial charge in [-0.25, -0.2) is 14.8 Å². The molecule has 0 saturated carbocycles. The second kappa shape index (κ2) is 10.2. The van der Waals surface area contributed by atoms with Crippen molar-refractivity contribution >= 4 is 46.9 Å². The van der Waals surface area contributed by atoms with Crippen molar-refractivity contribution in [3.8, 4) is 0 Å². The summed E-state index contributed by atoms with van der Waals surface area (Å²) in [4.78, 5) is 69.9. The average Bonchev–Trinajstić information content (AvgIpc) is 2.80. The fourth-order valence-corrected chi connectivity index (χ4v) is 3.11. The summed E-state index contributed by atoms with van der Waals surface area (Å²) in [5, 5.41) is 20.2. The normalized spacial score (nSPS) is 11.5. The van der Waals surface area contributed by atoms with Gasteiger partial charge >= 0.3 is 11.9 Å². The Morgan fingerprint density at radius 2 is 1.82 bits per heavy atom. The summed E-state index contributed by atoms with van der Waals surface area (Å²) in [5.74, 6) is -3.27. The minimum absolute atomic E-state index is 0.0189. The van der Waals surface area contributed by atoms with E-state index in [2.05, 4.69) is 20.3 Å². The molecule has 0 aliphatic carbocycles. The van der Waals surface area contributed by atoms with Crippen molar-refractivity contribution in [2.24, 2.45) is 0 Å². The van der Waals surface area contributed by atoms with Crippen molar-refractivity contribution in [3.05, 3.63) is 58.0 Å². The molecule has 0 radical (unpaired) electrons. The largest absolute Gasteiger partial charge is 0.481 e. The number of nitrogens with zero attached hydrogens (tertiary/aromatic N) is 3. The molecule has 0 aliphatic rings. The number of carboxylic acid groups (broad SMARTS) is 2. The molecule has 0 saturated heterocycles. The number of carboxylic acids is 2. The van der Waals surface area contributed by atoms with Gasteiger partial charge in [0.1, 0.15) is 6.04 Å². The van der Waals surface area contributed by atoms with Gasteiger partial charge in [0.25, 0.3) is 11.5 Å². The van der Waals surface area contributed by atoms with Gasteiger partial charge in [0, 0.05) is 17.7 Å². The van der Waals surface area contributed by atoms with E-state index in [-0.39, 0.29) is 30.0 Å². The third-order valence-electron chi connectivity index (χ3n) is 4.80. The number of hydrogen-bond donors (Lipinski definition) is 5. The number of benzene rings is 1. The lowest BCUT2D eigenvalue weighted by atomic mass is 10.1. The average molecular weight is 468 g/mol.